The van der Waals surface area contributed by atoms with Crippen molar-refractivity contribution in [2.24, 2.45) is 5.92 Å². The zero-order valence-electron chi connectivity index (χ0n) is 24.7. The highest BCUT2D eigenvalue weighted by Crippen LogP contribution is 2.56. The van der Waals surface area contributed by atoms with E-state index >= 15 is 0 Å². The van der Waals surface area contributed by atoms with Crippen molar-refractivity contribution in [2.75, 3.05) is 18.0 Å². The van der Waals surface area contributed by atoms with Gasteiger partial charge in [-0.2, -0.15) is 4.98 Å². The number of anilines is 1. The molecule has 6 aromatic rings. The lowest BCUT2D eigenvalue weighted by Crippen LogP contribution is -2.49. The fraction of sp³-hybridized carbons (Fsp3) is 0.158. The molecule has 1 saturated heterocycles. The first kappa shape index (κ1) is 28.2. The van der Waals surface area contributed by atoms with E-state index in [1.165, 1.54) is 15.9 Å². The fourth-order valence-corrected chi connectivity index (χ4v) is 11.7. The lowest BCUT2D eigenvalue weighted by atomic mass is 9.83. The van der Waals surface area contributed by atoms with Crippen LogP contribution in [-0.2, 0) is 6.54 Å². The SMILES string of the molecule is O=c1cccc2n1C[C@H]1C[C@H]2CN(c2oc(-c3ccc(Br)cc3)nc2[P+](c2ccccc2)(c2ccccc2)c2ccccc2)C1. The van der Waals surface area contributed by atoms with Crippen molar-refractivity contribution >= 4 is 50.4 Å². The van der Waals surface area contributed by atoms with Gasteiger partial charge in [-0.05, 0) is 79.1 Å². The van der Waals surface area contributed by atoms with Gasteiger partial charge in [0.15, 0.2) is 7.26 Å². The van der Waals surface area contributed by atoms with E-state index in [0.29, 0.717) is 11.8 Å². The Labute approximate surface area is 271 Å². The molecule has 2 aliphatic rings. The van der Waals surface area contributed by atoms with Crippen LogP contribution in [0.3, 0.4) is 0 Å². The van der Waals surface area contributed by atoms with Crippen LogP contribution in [0.5, 0.6) is 0 Å². The van der Waals surface area contributed by atoms with Gasteiger partial charge in [-0.15, -0.1) is 0 Å². The summed E-state index contributed by atoms with van der Waals surface area (Å²) in [5.41, 5.74) is 3.13. The van der Waals surface area contributed by atoms with E-state index in [1.807, 2.05) is 22.8 Å². The zero-order chi connectivity index (χ0) is 30.4. The topological polar surface area (TPSA) is 51.3 Å². The molecule has 2 aliphatic heterocycles. The Bertz CT molecular complexity index is 1910. The normalized spacial score (nSPS) is 17.6. The van der Waals surface area contributed by atoms with Gasteiger partial charge in [0.1, 0.15) is 15.9 Å². The number of hydrogen-bond donors (Lipinski definition) is 0. The van der Waals surface area contributed by atoms with Crippen molar-refractivity contribution in [3.8, 4) is 11.5 Å². The average Bonchev–Trinajstić information content (AvgIpc) is 3.53. The molecule has 2 atom stereocenters. The Morgan fingerprint density at radius 1 is 0.689 bits per heavy atom. The molecule has 0 amide bonds. The smallest absolute Gasteiger partial charge is 0.262 e. The third-order valence-corrected chi connectivity index (χ3v) is 13.9. The number of benzene rings is 4. The molecule has 8 rings (SSSR count). The number of fused-ring (bicyclic) bond motifs is 4. The van der Waals surface area contributed by atoms with Gasteiger partial charge in [0.2, 0.25) is 5.89 Å². The highest BCUT2D eigenvalue weighted by Gasteiger charge is 2.54. The molecular formula is C38H32BrN3O2P+. The maximum atomic E-state index is 12.8. The van der Waals surface area contributed by atoms with E-state index < -0.39 is 7.26 Å². The van der Waals surface area contributed by atoms with Crippen molar-refractivity contribution in [3.05, 3.63) is 154 Å². The lowest BCUT2D eigenvalue weighted by molar-refractivity contribution is 0.275. The molecule has 2 bridgehead atoms. The summed E-state index contributed by atoms with van der Waals surface area (Å²) in [4.78, 5) is 20.7. The molecule has 2 aromatic heterocycles. The Kier molecular flexibility index (Phi) is 7.28. The summed E-state index contributed by atoms with van der Waals surface area (Å²) in [5, 5.41) is 3.69. The second-order valence-corrected chi connectivity index (χ2v) is 16.2. The molecule has 4 aromatic carbocycles. The fourth-order valence-electron chi connectivity index (χ4n) is 7.28. The molecule has 0 unspecified atom stereocenters. The van der Waals surface area contributed by atoms with Gasteiger partial charge in [-0.25, -0.2) is 0 Å². The standard InChI is InChI=1S/C38H32BrN3O2P/c39-30-21-19-28(20-22-30)36-40-37(38(44-36)41-24-27-23-29(26-41)34-17-10-18-35(43)42(34)25-27)45(31-11-4-1-5-12-31,32-13-6-2-7-14-32)33-15-8-3-9-16-33/h1-22,27,29H,23-26H2/q+1/t27-,29-/m0/s1. The Morgan fingerprint density at radius 3 is 1.89 bits per heavy atom. The van der Waals surface area contributed by atoms with Crippen LogP contribution in [0.2, 0.25) is 0 Å². The van der Waals surface area contributed by atoms with E-state index in [2.05, 4.69) is 130 Å². The summed E-state index contributed by atoms with van der Waals surface area (Å²) >= 11 is 3.59. The number of hydrogen-bond acceptors (Lipinski definition) is 4. The van der Waals surface area contributed by atoms with Crippen molar-refractivity contribution in [3.63, 3.8) is 0 Å². The predicted octanol–water partition coefficient (Wildman–Crippen LogP) is 6.51. The first-order chi connectivity index (χ1) is 22.1. The minimum atomic E-state index is -2.53. The summed E-state index contributed by atoms with van der Waals surface area (Å²) in [5.74, 6) is 2.02. The Morgan fingerprint density at radius 2 is 1.29 bits per heavy atom. The van der Waals surface area contributed by atoms with Crippen LogP contribution in [-0.4, -0.2) is 22.6 Å². The summed E-state index contributed by atoms with van der Waals surface area (Å²) < 4.78 is 9.98. The van der Waals surface area contributed by atoms with Gasteiger partial charge in [0.25, 0.3) is 16.9 Å². The molecule has 0 aliphatic carbocycles. The van der Waals surface area contributed by atoms with Crippen molar-refractivity contribution < 1.29 is 4.42 Å². The van der Waals surface area contributed by atoms with Crippen LogP contribution in [0.25, 0.3) is 11.5 Å². The molecule has 0 radical (unpaired) electrons. The van der Waals surface area contributed by atoms with Crippen molar-refractivity contribution in [1.29, 1.82) is 0 Å². The monoisotopic (exact) mass is 672 g/mol. The van der Waals surface area contributed by atoms with Crippen molar-refractivity contribution in [1.82, 2.24) is 9.55 Å². The lowest BCUT2D eigenvalue weighted by Gasteiger charge is -2.42. The molecule has 222 valence electrons. The highest BCUT2D eigenvalue weighted by atomic mass is 79.9. The molecule has 45 heavy (non-hydrogen) atoms. The number of pyridine rings is 1. The third kappa shape index (κ3) is 4.88. The number of oxazole rings is 1. The molecule has 0 N–H and O–H groups in total. The number of piperidine rings is 1. The third-order valence-electron chi connectivity index (χ3n) is 9.20. The quantitative estimate of drug-likeness (QED) is 0.189. The van der Waals surface area contributed by atoms with Crippen LogP contribution in [0, 0.1) is 5.92 Å². The Balaban J connectivity index is 1.39. The molecule has 0 saturated carbocycles. The number of aromatic nitrogens is 2. The van der Waals surface area contributed by atoms with E-state index in [1.54, 1.807) is 6.07 Å². The van der Waals surface area contributed by atoms with E-state index in [0.717, 1.165) is 53.1 Å². The molecule has 4 heterocycles. The first-order valence-electron chi connectivity index (χ1n) is 15.4. The van der Waals surface area contributed by atoms with E-state index in [4.69, 9.17) is 9.40 Å². The van der Waals surface area contributed by atoms with Gasteiger partial charge in [-0.3, -0.25) is 4.79 Å². The zero-order valence-corrected chi connectivity index (χ0v) is 27.1. The number of nitrogens with zero attached hydrogens (tertiary/aromatic N) is 3. The number of rotatable bonds is 6. The van der Waals surface area contributed by atoms with Gasteiger partial charge < -0.3 is 13.9 Å². The summed E-state index contributed by atoms with van der Waals surface area (Å²) in [6, 6.07) is 46.4. The second kappa shape index (κ2) is 11.6. The minimum absolute atomic E-state index is 0.0932. The molecular weight excluding hydrogens is 641 g/mol. The minimum Gasteiger partial charge on any atom is -0.416 e. The van der Waals surface area contributed by atoms with Gasteiger partial charge >= 0.3 is 0 Å². The van der Waals surface area contributed by atoms with Crippen molar-refractivity contribution in [2.45, 2.75) is 18.9 Å². The maximum Gasteiger partial charge on any atom is 0.262 e. The molecule has 1 fully saturated rings. The van der Waals surface area contributed by atoms with E-state index in [9.17, 15) is 4.79 Å². The predicted molar refractivity (Wildman–Crippen MR) is 188 cm³/mol. The van der Waals surface area contributed by atoms with Crippen LogP contribution < -0.4 is 31.8 Å². The maximum absolute atomic E-state index is 12.8. The van der Waals surface area contributed by atoms with Gasteiger partial charge in [0, 0.05) is 47.3 Å². The molecule has 5 nitrogen and oxygen atoms in total. The highest BCUT2D eigenvalue weighted by molar-refractivity contribution is 9.10. The largest absolute Gasteiger partial charge is 0.416 e. The first-order valence-corrected chi connectivity index (χ1v) is 18.0. The van der Waals surface area contributed by atoms with Crippen LogP contribution in [0.15, 0.2) is 147 Å². The van der Waals surface area contributed by atoms with E-state index in [-0.39, 0.29) is 11.5 Å². The average molecular weight is 674 g/mol. The number of halogens is 1. The summed E-state index contributed by atoms with van der Waals surface area (Å²) in [7, 11) is -2.53. The van der Waals surface area contributed by atoms with Crippen LogP contribution in [0.1, 0.15) is 18.0 Å². The summed E-state index contributed by atoms with van der Waals surface area (Å²) in [6.45, 7) is 2.29. The van der Waals surface area contributed by atoms with Crippen LogP contribution in [0.4, 0.5) is 5.88 Å². The Hall–Kier alpha value is -4.25. The van der Waals surface area contributed by atoms with Gasteiger partial charge in [-0.1, -0.05) is 76.6 Å². The van der Waals surface area contributed by atoms with Gasteiger partial charge in [0.05, 0.1) is 0 Å². The summed E-state index contributed by atoms with van der Waals surface area (Å²) in [6.07, 6.45) is 1.07. The molecule has 7 heteroatoms. The molecule has 0 spiro atoms. The van der Waals surface area contributed by atoms with Crippen LogP contribution >= 0.6 is 23.2 Å². The second-order valence-electron chi connectivity index (χ2n) is 11.9.